The SMILES string of the molecule is CC(=O)CCNCCc1ccc2oc(=O)[nH]c2c1. The molecule has 2 N–H and O–H groups in total. The molecule has 0 aliphatic carbocycles. The highest BCUT2D eigenvalue weighted by molar-refractivity contribution is 5.75. The molecule has 0 saturated carbocycles. The van der Waals surface area contributed by atoms with Gasteiger partial charge in [-0.25, -0.2) is 4.79 Å². The van der Waals surface area contributed by atoms with Gasteiger partial charge in [-0.3, -0.25) is 9.78 Å². The number of carbonyl (C=O) groups excluding carboxylic acids is 1. The van der Waals surface area contributed by atoms with E-state index in [0.29, 0.717) is 18.5 Å². The molecule has 0 radical (unpaired) electrons. The number of aromatic nitrogens is 1. The quantitative estimate of drug-likeness (QED) is 0.754. The van der Waals surface area contributed by atoms with Crippen molar-refractivity contribution in [3.63, 3.8) is 0 Å². The highest BCUT2D eigenvalue weighted by Crippen LogP contribution is 2.12. The van der Waals surface area contributed by atoms with E-state index in [-0.39, 0.29) is 5.78 Å². The number of oxazole rings is 1. The number of rotatable bonds is 6. The Morgan fingerprint density at radius 2 is 2.22 bits per heavy atom. The van der Waals surface area contributed by atoms with Crippen LogP contribution in [0.1, 0.15) is 18.9 Å². The molecule has 0 amide bonds. The number of fused-ring (bicyclic) bond motifs is 1. The van der Waals surface area contributed by atoms with Crippen molar-refractivity contribution in [2.24, 2.45) is 0 Å². The molecule has 1 aromatic heterocycles. The third-order valence-corrected chi connectivity index (χ3v) is 2.73. The van der Waals surface area contributed by atoms with Crippen molar-refractivity contribution in [1.82, 2.24) is 10.3 Å². The van der Waals surface area contributed by atoms with E-state index in [2.05, 4.69) is 10.3 Å². The smallest absolute Gasteiger partial charge is 0.408 e. The zero-order valence-corrected chi connectivity index (χ0v) is 10.3. The number of H-pyrrole nitrogens is 1. The predicted octanol–water partition coefficient (Wildman–Crippen LogP) is 1.23. The van der Waals surface area contributed by atoms with Crippen LogP contribution in [0.2, 0.25) is 0 Å². The van der Waals surface area contributed by atoms with Gasteiger partial charge in [0.2, 0.25) is 0 Å². The highest BCUT2D eigenvalue weighted by atomic mass is 16.4. The summed E-state index contributed by atoms with van der Waals surface area (Å²) >= 11 is 0. The zero-order chi connectivity index (χ0) is 13.0. The third-order valence-electron chi connectivity index (χ3n) is 2.73. The summed E-state index contributed by atoms with van der Waals surface area (Å²) in [4.78, 5) is 24.4. The maximum Gasteiger partial charge on any atom is 0.417 e. The lowest BCUT2D eigenvalue weighted by Crippen LogP contribution is -2.20. The van der Waals surface area contributed by atoms with E-state index in [1.54, 1.807) is 13.0 Å². The van der Waals surface area contributed by atoms with Crippen LogP contribution in [-0.2, 0) is 11.2 Å². The molecular weight excluding hydrogens is 232 g/mol. The van der Waals surface area contributed by atoms with Crippen molar-refractivity contribution in [3.8, 4) is 0 Å². The Hall–Kier alpha value is -1.88. The van der Waals surface area contributed by atoms with Gasteiger partial charge in [0.05, 0.1) is 5.52 Å². The van der Waals surface area contributed by atoms with Gasteiger partial charge in [0.1, 0.15) is 5.78 Å². The zero-order valence-electron chi connectivity index (χ0n) is 10.3. The molecule has 0 spiro atoms. The number of Topliss-reactive ketones (excluding diaryl/α,β-unsaturated/α-hetero) is 1. The minimum Gasteiger partial charge on any atom is -0.408 e. The number of benzene rings is 1. The summed E-state index contributed by atoms with van der Waals surface area (Å²) in [6.45, 7) is 3.10. The van der Waals surface area contributed by atoms with Gasteiger partial charge in [-0.05, 0) is 37.6 Å². The maximum atomic E-state index is 11.0. The predicted molar refractivity (Wildman–Crippen MR) is 68.7 cm³/mol. The molecule has 2 rings (SSSR count). The van der Waals surface area contributed by atoms with E-state index in [4.69, 9.17) is 4.42 Å². The van der Waals surface area contributed by atoms with E-state index in [1.807, 2.05) is 12.1 Å². The van der Waals surface area contributed by atoms with Crippen LogP contribution < -0.4 is 11.1 Å². The summed E-state index contributed by atoms with van der Waals surface area (Å²) in [5.41, 5.74) is 2.42. The molecule has 96 valence electrons. The first kappa shape index (κ1) is 12.6. The Morgan fingerprint density at radius 3 is 3.00 bits per heavy atom. The summed E-state index contributed by atoms with van der Waals surface area (Å²) in [6.07, 6.45) is 1.41. The summed E-state index contributed by atoms with van der Waals surface area (Å²) in [5.74, 6) is -0.235. The lowest BCUT2D eigenvalue weighted by atomic mass is 10.1. The highest BCUT2D eigenvalue weighted by Gasteiger charge is 2.01. The molecule has 18 heavy (non-hydrogen) atoms. The molecule has 0 aliphatic heterocycles. The number of ketones is 1. The fraction of sp³-hybridized carbons (Fsp3) is 0.385. The van der Waals surface area contributed by atoms with Gasteiger partial charge in [-0.2, -0.15) is 0 Å². The molecule has 1 aromatic carbocycles. The van der Waals surface area contributed by atoms with Crippen molar-refractivity contribution < 1.29 is 9.21 Å². The Labute approximate surface area is 104 Å². The summed E-state index contributed by atoms with van der Waals surface area (Å²) in [7, 11) is 0. The van der Waals surface area contributed by atoms with Crippen molar-refractivity contribution in [3.05, 3.63) is 34.3 Å². The van der Waals surface area contributed by atoms with Crippen LogP contribution in [0.4, 0.5) is 0 Å². The van der Waals surface area contributed by atoms with Crippen molar-refractivity contribution >= 4 is 16.9 Å². The molecule has 2 aromatic rings. The van der Waals surface area contributed by atoms with Gasteiger partial charge in [-0.1, -0.05) is 6.07 Å². The van der Waals surface area contributed by atoms with Gasteiger partial charge in [0, 0.05) is 13.0 Å². The fourth-order valence-electron chi connectivity index (χ4n) is 1.78. The summed E-state index contributed by atoms with van der Waals surface area (Å²) in [6, 6.07) is 5.64. The molecule has 0 atom stereocenters. The average molecular weight is 248 g/mol. The lowest BCUT2D eigenvalue weighted by Gasteiger charge is -2.03. The minimum absolute atomic E-state index is 0.194. The number of aromatic amines is 1. The van der Waals surface area contributed by atoms with Crippen molar-refractivity contribution in [2.45, 2.75) is 19.8 Å². The Bertz CT molecular complexity index is 598. The molecule has 0 unspecified atom stereocenters. The van der Waals surface area contributed by atoms with E-state index in [1.165, 1.54) is 0 Å². The van der Waals surface area contributed by atoms with Crippen LogP contribution in [0.15, 0.2) is 27.4 Å². The average Bonchev–Trinajstić information content (AvgIpc) is 2.67. The van der Waals surface area contributed by atoms with Gasteiger partial charge < -0.3 is 9.73 Å². The molecule has 1 heterocycles. The Balaban J connectivity index is 1.87. The Kier molecular flexibility index (Phi) is 3.94. The fourth-order valence-corrected chi connectivity index (χ4v) is 1.78. The van der Waals surface area contributed by atoms with Crippen LogP contribution in [0.5, 0.6) is 0 Å². The molecule has 0 saturated heterocycles. The molecule has 0 fully saturated rings. The molecular formula is C13H16N2O3. The van der Waals surface area contributed by atoms with E-state index < -0.39 is 5.76 Å². The van der Waals surface area contributed by atoms with Gasteiger partial charge >= 0.3 is 5.76 Å². The third kappa shape index (κ3) is 3.30. The van der Waals surface area contributed by atoms with Crippen LogP contribution in [0.3, 0.4) is 0 Å². The van der Waals surface area contributed by atoms with Gasteiger partial charge in [0.15, 0.2) is 5.58 Å². The van der Waals surface area contributed by atoms with Gasteiger partial charge in [0.25, 0.3) is 0 Å². The normalized spacial score (nSPS) is 10.9. The topological polar surface area (TPSA) is 75.1 Å². The number of nitrogens with one attached hydrogen (secondary N) is 2. The van der Waals surface area contributed by atoms with E-state index in [0.717, 1.165) is 24.0 Å². The first-order valence-corrected chi connectivity index (χ1v) is 5.97. The maximum absolute atomic E-state index is 11.0. The van der Waals surface area contributed by atoms with Crippen LogP contribution in [-0.4, -0.2) is 23.9 Å². The van der Waals surface area contributed by atoms with Gasteiger partial charge in [-0.15, -0.1) is 0 Å². The summed E-state index contributed by atoms with van der Waals surface area (Å²) in [5, 5.41) is 3.20. The number of hydrogen-bond acceptors (Lipinski definition) is 4. The lowest BCUT2D eigenvalue weighted by molar-refractivity contribution is -0.116. The first-order chi connectivity index (χ1) is 8.65. The van der Waals surface area contributed by atoms with Crippen molar-refractivity contribution in [1.29, 1.82) is 0 Å². The van der Waals surface area contributed by atoms with E-state index in [9.17, 15) is 9.59 Å². The van der Waals surface area contributed by atoms with Crippen LogP contribution >= 0.6 is 0 Å². The molecule has 0 aliphatic rings. The summed E-state index contributed by atoms with van der Waals surface area (Å²) < 4.78 is 4.93. The second-order valence-corrected chi connectivity index (χ2v) is 4.30. The minimum atomic E-state index is -0.429. The standard InChI is InChI=1S/C13H16N2O3/c1-9(16)4-6-14-7-5-10-2-3-12-11(8-10)15-13(17)18-12/h2-3,8,14H,4-7H2,1H3,(H,15,17). The number of carbonyl (C=O) groups is 1. The molecule has 5 heteroatoms. The second-order valence-electron chi connectivity index (χ2n) is 4.30. The van der Waals surface area contributed by atoms with Crippen LogP contribution in [0.25, 0.3) is 11.1 Å². The largest absolute Gasteiger partial charge is 0.417 e. The second kappa shape index (κ2) is 5.64. The van der Waals surface area contributed by atoms with Crippen LogP contribution in [0, 0.1) is 0 Å². The molecule has 0 bridgehead atoms. The van der Waals surface area contributed by atoms with Crippen molar-refractivity contribution in [2.75, 3.05) is 13.1 Å². The Morgan fingerprint density at radius 1 is 1.39 bits per heavy atom. The first-order valence-electron chi connectivity index (χ1n) is 5.97. The monoisotopic (exact) mass is 248 g/mol. The van der Waals surface area contributed by atoms with E-state index >= 15 is 0 Å². The molecule has 5 nitrogen and oxygen atoms in total. The number of hydrogen-bond donors (Lipinski definition) is 2.